The van der Waals surface area contributed by atoms with Gasteiger partial charge in [0.1, 0.15) is 11.9 Å². The highest BCUT2D eigenvalue weighted by Crippen LogP contribution is 2.62. The van der Waals surface area contributed by atoms with Crippen molar-refractivity contribution in [2.75, 3.05) is 13.2 Å². The minimum atomic E-state index is -0.227. The van der Waals surface area contributed by atoms with Gasteiger partial charge in [-0.25, -0.2) is 4.39 Å². The van der Waals surface area contributed by atoms with Gasteiger partial charge >= 0.3 is 5.97 Å². The van der Waals surface area contributed by atoms with Crippen LogP contribution in [0.2, 0.25) is 0 Å². The largest absolute Gasteiger partial charge is 0.462 e. The van der Waals surface area contributed by atoms with Crippen molar-refractivity contribution in [3.05, 3.63) is 35.6 Å². The number of hydrogen-bond acceptors (Lipinski definition) is 4. The van der Waals surface area contributed by atoms with E-state index in [-0.39, 0.29) is 40.7 Å². The van der Waals surface area contributed by atoms with Gasteiger partial charge in [-0.1, -0.05) is 19.1 Å². The highest BCUT2D eigenvalue weighted by Gasteiger charge is 2.64. The predicted octanol–water partition coefficient (Wildman–Crippen LogP) is 3.44. The summed E-state index contributed by atoms with van der Waals surface area (Å²) < 4.78 is 24.8. The molecule has 1 aromatic carbocycles. The molecule has 1 N–H and O–H groups in total. The van der Waals surface area contributed by atoms with Gasteiger partial charge in [-0.15, -0.1) is 0 Å². The van der Waals surface area contributed by atoms with Crippen LogP contribution in [0.3, 0.4) is 0 Å². The molecule has 0 aromatic heterocycles. The van der Waals surface area contributed by atoms with Crippen LogP contribution < -0.4 is 5.32 Å². The van der Waals surface area contributed by atoms with Crippen molar-refractivity contribution in [3.8, 4) is 0 Å². The lowest BCUT2D eigenvalue weighted by Gasteiger charge is -2.51. The number of carbonyl (C=O) groups excluding carboxylic acids is 1. The summed E-state index contributed by atoms with van der Waals surface area (Å²) >= 11 is 0. The molecule has 1 spiro atoms. The van der Waals surface area contributed by atoms with E-state index in [0.717, 1.165) is 25.0 Å². The number of benzene rings is 1. The molecule has 146 valence electrons. The fourth-order valence-corrected chi connectivity index (χ4v) is 6.16. The number of halogens is 1. The van der Waals surface area contributed by atoms with Gasteiger partial charge in [0.15, 0.2) is 0 Å². The molecule has 2 saturated heterocycles. The van der Waals surface area contributed by atoms with Gasteiger partial charge in [0, 0.05) is 19.0 Å². The average molecular weight is 373 g/mol. The van der Waals surface area contributed by atoms with E-state index in [1.165, 1.54) is 31.4 Å². The van der Waals surface area contributed by atoms with Crippen LogP contribution in [0.5, 0.6) is 0 Å². The first-order valence-corrected chi connectivity index (χ1v) is 10.3. The molecule has 27 heavy (non-hydrogen) atoms. The standard InChI is InChI=1S/C22H28FNO3/c1-21-7-2-8-22(13-26-22)19(21)9-16-17(20(25)27-18(16)10-21)12-24-11-14-3-5-15(23)6-4-14/h3-6,16-19,24H,2,7-13H2,1H3/t16-,17+,18+,19-,21+,22+/m0/s1. The van der Waals surface area contributed by atoms with Crippen molar-refractivity contribution in [1.29, 1.82) is 0 Å². The Morgan fingerprint density at radius 3 is 2.78 bits per heavy atom. The Labute approximate surface area is 159 Å². The normalized spacial score (nSPS) is 42.5. The number of rotatable bonds is 4. The van der Waals surface area contributed by atoms with E-state index in [1.807, 2.05) is 0 Å². The molecule has 6 atom stereocenters. The molecule has 4 fully saturated rings. The molecule has 0 bridgehead atoms. The fraction of sp³-hybridized carbons (Fsp3) is 0.682. The lowest BCUT2D eigenvalue weighted by molar-refractivity contribution is -0.147. The first-order chi connectivity index (χ1) is 13.0. The Balaban J connectivity index is 1.26. The summed E-state index contributed by atoms with van der Waals surface area (Å²) in [4.78, 5) is 12.6. The molecule has 2 heterocycles. The van der Waals surface area contributed by atoms with Gasteiger partial charge in [-0.2, -0.15) is 0 Å². The van der Waals surface area contributed by atoms with Crippen LogP contribution in [-0.2, 0) is 20.8 Å². The van der Waals surface area contributed by atoms with Crippen molar-refractivity contribution in [2.24, 2.45) is 23.2 Å². The minimum absolute atomic E-state index is 0.0513. The molecule has 1 aromatic rings. The maximum Gasteiger partial charge on any atom is 0.310 e. The SMILES string of the molecule is C[C@]12CCC[C@@]3(CO3)[C@H]1C[C@@H]1[C@@H](C2)OC(=O)[C@@H]1CNCc1ccc(F)cc1. The molecule has 0 unspecified atom stereocenters. The molecule has 0 radical (unpaired) electrons. The third kappa shape index (κ3) is 2.99. The van der Waals surface area contributed by atoms with E-state index in [1.54, 1.807) is 12.1 Å². The van der Waals surface area contributed by atoms with E-state index in [9.17, 15) is 9.18 Å². The minimum Gasteiger partial charge on any atom is -0.462 e. The lowest BCUT2D eigenvalue weighted by Crippen LogP contribution is -2.51. The second-order valence-electron chi connectivity index (χ2n) is 9.36. The Morgan fingerprint density at radius 1 is 1.26 bits per heavy atom. The van der Waals surface area contributed by atoms with Crippen molar-refractivity contribution in [3.63, 3.8) is 0 Å². The molecular formula is C22H28FNO3. The Hall–Kier alpha value is -1.46. The first kappa shape index (κ1) is 17.6. The van der Waals surface area contributed by atoms with E-state index >= 15 is 0 Å². The summed E-state index contributed by atoms with van der Waals surface area (Å²) in [7, 11) is 0. The van der Waals surface area contributed by atoms with E-state index in [2.05, 4.69) is 12.2 Å². The van der Waals surface area contributed by atoms with Crippen molar-refractivity contribution in [2.45, 2.75) is 57.3 Å². The molecule has 2 aliphatic carbocycles. The molecule has 5 heteroatoms. The third-order valence-corrected chi connectivity index (χ3v) is 7.69. The Morgan fingerprint density at radius 2 is 2.04 bits per heavy atom. The third-order valence-electron chi connectivity index (χ3n) is 7.69. The molecule has 2 aliphatic heterocycles. The quantitative estimate of drug-likeness (QED) is 0.649. The first-order valence-electron chi connectivity index (χ1n) is 10.3. The van der Waals surface area contributed by atoms with E-state index < -0.39 is 0 Å². The molecule has 2 saturated carbocycles. The second kappa shape index (κ2) is 6.28. The van der Waals surface area contributed by atoms with E-state index in [0.29, 0.717) is 19.0 Å². The predicted molar refractivity (Wildman–Crippen MR) is 98.3 cm³/mol. The summed E-state index contributed by atoms with van der Waals surface area (Å²) in [6.45, 7) is 4.53. The maximum atomic E-state index is 13.0. The number of carbonyl (C=O) groups is 1. The van der Waals surface area contributed by atoms with Crippen molar-refractivity contribution in [1.82, 2.24) is 5.32 Å². The summed E-state index contributed by atoms with van der Waals surface area (Å²) in [6.07, 6.45) is 5.69. The molecule has 5 rings (SSSR count). The monoisotopic (exact) mass is 373 g/mol. The van der Waals surface area contributed by atoms with Gasteiger partial charge in [0.05, 0.1) is 18.1 Å². The van der Waals surface area contributed by atoms with Crippen LogP contribution in [0.25, 0.3) is 0 Å². The van der Waals surface area contributed by atoms with Crippen LogP contribution in [0.15, 0.2) is 24.3 Å². The highest BCUT2D eigenvalue weighted by atomic mass is 19.1. The zero-order valence-corrected chi connectivity index (χ0v) is 15.9. The fourth-order valence-electron chi connectivity index (χ4n) is 6.16. The molecule has 0 amide bonds. The average Bonchev–Trinajstić information content (AvgIpc) is 3.33. The number of hydrogen-bond donors (Lipinski definition) is 1. The zero-order chi connectivity index (χ0) is 18.6. The molecule has 4 nitrogen and oxygen atoms in total. The summed E-state index contributed by atoms with van der Waals surface area (Å²) in [5.74, 6) is 0.474. The number of esters is 1. The van der Waals surface area contributed by atoms with Crippen LogP contribution in [0.4, 0.5) is 4.39 Å². The van der Waals surface area contributed by atoms with Gasteiger partial charge in [0.25, 0.3) is 0 Å². The van der Waals surface area contributed by atoms with Crippen molar-refractivity contribution >= 4 is 5.97 Å². The Bertz CT molecular complexity index is 732. The summed E-state index contributed by atoms with van der Waals surface area (Å²) in [6, 6.07) is 6.49. The molecule has 4 aliphatic rings. The summed E-state index contributed by atoms with van der Waals surface area (Å²) in [5, 5.41) is 3.39. The second-order valence-corrected chi connectivity index (χ2v) is 9.36. The Kier molecular flexibility index (Phi) is 4.10. The number of fused-ring (bicyclic) bond motifs is 3. The topological polar surface area (TPSA) is 50.9 Å². The van der Waals surface area contributed by atoms with Crippen molar-refractivity contribution < 1.29 is 18.7 Å². The van der Waals surface area contributed by atoms with Gasteiger partial charge < -0.3 is 14.8 Å². The number of nitrogens with one attached hydrogen (secondary N) is 1. The summed E-state index contributed by atoms with van der Waals surface area (Å²) in [5.41, 5.74) is 1.36. The number of epoxide rings is 1. The van der Waals surface area contributed by atoms with Crippen LogP contribution in [0.1, 0.15) is 44.6 Å². The highest BCUT2D eigenvalue weighted by molar-refractivity contribution is 5.75. The maximum absolute atomic E-state index is 13.0. The number of ether oxygens (including phenoxy) is 2. The lowest BCUT2D eigenvalue weighted by atomic mass is 9.53. The van der Waals surface area contributed by atoms with Gasteiger partial charge in [-0.05, 0) is 61.1 Å². The van der Waals surface area contributed by atoms with Crippen LogP contribution >= 0.6 is 0 Å². The van der Waals surface area contributed by atoms with E-state index in [4.69, 9.17) is 9.47 Å². The zero-order valence-electron chi connectivity index (χ0n) is 15.9. The van der Waals surface area contributed by atoms with Gasteiger partial charge in [0.2, 0.25) is 0 Å². The smallest absolute Gasteiger partial charge is 0.310 e. The van der Waals surface area contributed by atoms with Gasteiger partial charge in [-0.3, -0.25) is 4.79 Å². The molecular weight excluding hydrogens is 345 g/mol. The van der Waals surface area contributed by atoms with Crippen LogP contribution in [0, 0.1) is 29.0 Å². The van der Waals surface area contributed by atoms with Crippen LogP contribution in [-0.4, -0.2) is 30.8 Å².